The first-order valence-corrected chi connectivity index (χ1v) is 7.76. The molecule has 2 aromatic carbocycles. The largest absolute Gasteiger partial charge is 0.378 e. The van der Waals surface area contributed by atoms with Crippen LogP contribution in [0.2, 0.25) is 0 Å². The first kappa shape index (κ1) is 17.5. The van der Waals surface area contributed by atoms with Crippen LogP contribution in [0.3, 0.4) is 0 Å². The van der Waals surface area contributed by atoms with Crippen molar-refractivity contribution in [3.05, 3.63) is 69.8 Å². The molecule has 0 atom stereocenters. The zero-order valence-electron chi connectivity index (χ0n) is 13.9. The van der Waals surface area contributed by atoms with Gasteiger partial charge in [0, 0.05) is 44.0 Å². The van der Waals surface area contributed by atoms with Crippen molar-refractivity contribution in [3.8, 4) is 0 Å². The molecule has 0 unspecified atom stereocenters. The Hall–Kier alpha value is -2.89. The van der Waals surface area contributed by atoms with Crippen molar-refractivity contribution in [2.75, 3.05) is 25.5 Å². The summed E-state index contributed by atoms with van der Waals surface area (Å²) in [6, 6.07) is 13.9. The molecule has 24 heavy (non-hydrogen) atoms. The Morgan fingerprint density at radius 1 is 1.08 bits per heavy atom. The maximum atomic E-state index is 12.0. The summed E-state index contributed by atoms with van der Waals surface area (Å²) in [5.74, 6) is -0.215. The van der Waals surface area contributed by atoms with Gasteiger partial charge in [-0.25, -0.2) is 0 Å². The second kappa shape index (κ2) is 8.10. The number of anilines is 1. The van der Waals surface area contributed by atoms with Gasteiger partial charge in [0.1, 0.15) is 0 Å². The number of aryl methyl sites for hydroxylation is 1. The number of nitro groups is 1. The molecule has 2 aromatic rings. The third-order valence-electron chi connectivity index (χ3n) is 3.72. The molecular formula is C18H21N3O3. The summed E-state index contributed by atoms with van der Waals surface area (Å²) >= 11 is 0. The van der Waals surface area contributed by atoms with Crippen LogP contribution in [0.4, 0.5) is 11.4 Å². The minimum Gasteiger partial charge on any atom is -0.378 e. The van der Waals surface area contributed by atoms with Gasteiger partial charge >= 0.3 is 0 Å². The van der Waals surface area contributed by atoms with Gasteiger partial charge in [-0.2, -0.15) is 0 Å². The summed E-state index contributed by atoms with van der Waals surface area (Å²) in [5, 5.41) is 13.4. The van der Waals surface area contributed by atoms with Crippen molar-refractivity contribution in [3.63, 3.8) is 0 Å². The van der Waals surface area contributed by atoms with E-state index in [-0.39, 0.29) is 11.6 Å². The van der Waals surface area contributed by atoms with Crippen molar-refractivity contribution in [1.82, 2.24) is 5.32 Å². The second-order valence-electron chi connectivity index (χ2n) is 5.72. The van der Waals surface area contributed by atoms with Gasteiger partial charge in [0.05, 0.1) is 4.92 Å². The Labute approximate surface area is 141 Å². The van der Waals surface area contributed by atoms with Gasteiger partial charge in [0.2, 0.25) is 0 Å². The third kappa shape index (κ3) is 4.81. The van der Waals surface area contributed by atoms with Gasteiger partial charge in [-0.05, 0) is 42.7 Å². The lowest BCUT2D eigenvalue weighted by Crippen LogP contribution is -2.24. The first-order chi connectivity index (χ1) is 11.5. The van der Waals surface area contributed by atoms with Gasteiger partial charge in [-0.3, -0.25) is 14.9 Å². The van der Waals surface area contributed by atoms with E-state index in [0.717, 1.165) is 18.5 Å². The Morgan fingerprint density at radius 3 is 2.25 bits per heavy atom. The van der Waals surface area contributed by atoms with Gasteiger partial charge in [-0.1, -0.05) is 12.1 Å². The molecule has 2 rings (SSSR count). The van der Waals surface area contributed by atoms with Crippen molar-refractivity contribution in [2.45, 2.75) is 12.8 Å². The number of nitro benzene ring substituents is 1. The number of non-ortho nitro benzene ring substituents is 1. The minimum atomic E-state index is -0.483. The van der Waals surface area contributed by atoms with E-state index in [4.69, 9.17) is 0 Å². The highest BCUT2D eigenvalue weighted by atomic mass is 16.6. The Morgan fingerprint density at radius 2 is 1.71 bits per heavy atom. The summed E-state index contributed by atoms with van der Waals surface area (Å²) in [4.78, 5) is 24.1. The highest BCUT2D eigenvalue weighted by Crippen LogP contribution is 2.14. The molecule has 6 heteroatoms. The van der Waals surface area contributed by atoms with Gasteiger partial charge in [0.15, 0.2) is 0 Å². The highest BCUT2D eigenvalue weighted by Gasteiger charge is 2.08. The second-order valence-corrected chi connectivity index (χ2v) is 5.72. The molecule has 0 heterocycles. The number of hydrogen-bond donors (Lipinski definition) is 1. The molecule has 1 N–H and O–H groups in total. The summed E-state index contributed by atoms with van der Waals surface area (Å²) in [6.45, 7) is 0.561. The Kier molecular flexibility index (Phi) is 5.89. The molecule has 0 bridgehead atoms. The molecule has 0 aliphatic rings. The Bertz CT molecular complexity index is 694. The fraction of sp³-hybridized carbons (Fsp3) is 0.278. The predicted molar refractivity (Wildman–Crippen MR) is 94.5 cm³/mol. The smallest absolute Gasteiger partial charge is 0.269 e. The van der Waals surface area contributed by atoms with E-state index >= 15 is 0 Å². The number of hydrogen-bond acceptors (Lipinski definition) is 4. The standard InChI is InChI=1S/C18H21N3O3/c1-20(2)16-9-5-14(6-10-16)4-3-13-19-18(22)15-7-11-17(12-8-15)21(23)24/h5-12H,3-4,13H2,1-2H3,(H,19,22). The lowest BCUT2D eigenvalue weighted by atomic mass is 10.1. The first-order valence-electron chi connectivity index (χ1n) is 7.76. The van der Waals surface area contributed by atoms with E-state index in [0.29, 0.717) is 12.1 Å². The number of rotatable bonds is 7. The van der Waals surface area contributed by atoms with E-state index in [9.17, 15) is 14.9 Å². The molecule has 0 aliphatic heterocycles. The van der Waals surface area contributed by atoms with Crippen LogP contribution in [-0.4, -0.2) is 31.5 Å². The van der Waals surface area contributed by atoms with Crippen LogP contribution in [0.1, 0.15) is 22.3 Å². The van der Waals surface area contributed by atoms with Crippen LogP contribution in [0.15, 0.2) is 48.5 Å². The number of amides is 1. The van der Waals surface area contributed by atoms with Crippen LogP contribution >= 0.6 is 0 Å². The topological polar surface area (TPSA) is 75.5 Å². The van der Waals surface area contributed by atoms with Gasteiger partial charge in [0.25, 0.3) is 11.6 Å². The van der Waals surface area contributed by atoms with E-state index < -0.39 is 4.92 Å². The zero-order chi connectivity index (χ0) is 17.5. The number of carbonyl (C=O) groups excluding carboxylic acids is 1. The van der Waals surface area contributed by atoms with Crippen molar-refractivity contribution < 1.29 is 9.72 Å². The molecule has 0 aliphatic carbocycles. The average molecular weight is 327 g/mol. The maximum absolute atomic E-state index is 12.0. The zero-order valence-corrected chi connectivity index (χ0v) is 13.9. The third-order valence-corrected chi connectivity index (χ3v) is 3.72. The number of nitrogens with zero attached hydrogens (tertiary/aromatic N) is 2. The molecule has 0 saturated carbocycles. The molecule has 0 fully saturated rings. The molecule has 0 saturated heterocycles. The fourth-order valence-corrected chi connectivity index (χ4v) is 2.29. The average Bonchev–Trinajstić information content (AvgIpc) is 2.59. The number of nitrogens with one attached hydrogen (secondary N) is 1. The van der Waals surface area contributed by atoms with E-state index in [2.05, 4.69) is 29.6 Å². The van der Waals surface area contributed by atoms with E-state index in [1.807, 2.05) is 19.0 Å². The number of carbonyl (C=O) groups is 1. The molecular weight excluding hydrogens is 306 g/mol. The summed E-state index contributed by atoms with van der Waals surface area (Å²) in [6.07, 6.45) is 1.72. The van der Waals surface area contributed by atoms with Crippen LogP contribution < -0.4 is 10.2 Å². The van der Waals surface area contributed by atoms with Gasteiger partial charge < -0.3 is 10.2 Å². The van der Waals surface area contributed by atoms with Crippen LogP contribution in [0.5, 0.6) is 0 Å². The minimum absolute atomic E-state index is 0.0206. The lowest BCUT2D eigenvalue weighted by molar-refractivity contribution is -0.384. The van der Waals surface area contributed by atoms with Crippen molar-refractivity contribution in [1.29, 1.82) is 0 Å². The number of benzene rings is 2. The quantitative estimate of drug-likeness (QED) is 0.482. The van der Waals surface area contributed by atoms with E-state index in [1.54, 1.807) is 0 Å². The lowest BCUT2D eigenvalue weighted by Gasteiger charge is -2.12. The molecule has 6 nitrogen and oxygen atoms in total. The SMILES string of the molecule is CN(C)c1ccc(CCCNC(=O)c2ccc([N+](=O)[O-])cc2)cc1. The fourth-order valence-electron chi connectivity index (χ4n) is 2.29. The molecule has 1 amide bonds. The molecule has 126 valence electrons. The van der Waals surface area contributed by atoms with Gasteiger partial charge in [-0.15, -0.1) is 0 Å². The summed E-state index contributed by atoms with van der Waals surface area (Å²) in [7, 11) is 4.01. The maximum Gasteiger partial charge on any atom is 0.269 e. The normalized spacial score (nSPS) is 10.2. The van der Waals surface area contributed by atoms with Crippen LogP contribution in [-0.2, 0) is 6.42 Å². The highest BCUT2D eigenvalue weighted by molar-refractivity contribution is 5.94. The van der Waals surface area contributed by atoms with Crippen molar-refractivity contribution in [2.24, 2.45) is 0 Å². The Balaban J connectivity index is 1.77. The molecule has 0 aromatic heterocycles. The molecule has 0 radical (unpaired) electrons. The predicted octanol–water partition coefficient (Wildman–Crippen LogP) is 3.02. The summed E-state index contributed by atoms with van der Waals surface area (Å²) < 4.78 is 0. The molecule has 0 spiro atoms. The monoisotopic (exact) mass is 327 g/mol. The summed E-state index contributed by atoms with van der Waals surface area (Å²) in [5.41, 5.74) is 2.79. The van der Waals surface area contributed by atoms with Crippen LogP contribution in [0.25, 0.3) is 0 Å². The van der Waals surface area contributed by atoms with Crippen molar-refractivity contribution >= 4 is 17.3 Å². The van der Waals surface area contributed by atoms with Crippen LogP contribution in [0, 0.1) is 10.1 Å². The van der Waals surface area contributed by atoms with E-state index in [1.165, 1.54) is 29.8 Å².